The lowest BCUT2D eigenvalue weighted by molar-refractivity contribution is -0.137. The van der Waals surface area contributed by atoms with Gasteiger partial charge in [0.05, 0.1) is 10.6 Å². The molecule has 0 radical (unpaired) electrons. The molecule has 1 nitrogen and oxygen atoms in total. The molecule has 0 aliphatic rings. The maximum Gasteiger partial charge on any atom is 0.417 e. The van der Waals surface area contributed by atoms with E-state index in [0.717, 1.165) is 12.5 Å². The van der Waals surface area contributed by atoms with Gasteiger partial charge in [0.2, 0.25) is 0 Å². The zero-order valence-corrected chi connectivity index (χ0v) is 10.4. The van der Waals surface area contributed by atoms with E-state index in [2.05, 4.69) is 0 Å². The monoisotopic (exact) mass is 265 g/mol. The molecule has 1 rings (SSSR count). The first-order valence-electron chi connectivity index (χ1n) is 5.39. The Bertz CT molecular complexity index is 390. The molecule has 96 valence electrons. The van der Waals surface area contributed by atoms with Gasteiger partial charge >= 0.3 is 6.18 Å². The molecular formula is C12H15ClF3N. The minimum Gasteiger partial charge on any atom is -0.324 e. The van der Waals surface area contributed by atoms with Crippen molar-refractivity contribution in [3.8, 4) is 0 Å². The van der Waals surface area contributed by atoms with Crippen molar-refractivity contribution in [2.45, 2.75) is 32.5 Å². The lowest BCUT2D eigenvalue weighted by Crippen LogP contribution is -2.19. The van der Waals surface area contributed by atoms with E-state index in [1.165, 1.54) is 12.1 Å². The SMILES string of the molecule is CCC(C)[C@H](N)c1ccc(C(F)(F)F)c(Cl)c1. The number of alkyl halides is 3. The van der Waals surface area contributed by atoms with E-state index in [0.29, 0.717) is 5.56 Å². The van der Waals surface area contributed by atoms with Gasteiger partial charge in [0.1, 0.15) is 0 Å². The lowest BCUT2D eigenvalue weighted by Gasteiger charge is -2.20. The minimum atomic E-state index is -4.42. The summed E-state index contributed by atoms with van der Waals surface area (Å²) in [4.78, 5) is 0. The number of nitrogens with two attached hydrogens (primary N) is 1. The maximum atomic E-state index is 12.5. The van der Waals surface area contributed by atoms with Crippen LogP contribution in [-0.2, 0) is 6.18 Å². The molecule has 1 unspecified atom stereocenters. The van der Waals surface area contributed by atoms with Crippen LogP contribution in [0.4, 0.5) is 13.2 Å². The molecular weight excluding hydrogens is 251 g/mol. The third-order valence-corrected chi connectivity index (χ3v) is 3.25. The maximum absolute atomic E-state index is 12.5. The van der Waals surface area contributed by atoms with Crippen molar-refractivity contribution in [1.29, 1.82) is 0 Å². The van der Waals surface area contributed by atoms with Gasteiger partial charge in [0.25, 0.3) is 0 Å². The summed E-state index contributed by atoms with van der Waals surface area (Å²) < 4.78 is 37.5. The van der Waals surface area contributed by atoms with Gasteiger partial charge in [0, 0.05) is 6.04 Å². The Balaban J connectivity index is 3.05. The normalized spacial score (nSPS) is 15.7. The molecule has 0 spiro atoms. The van der Waals surface area contributed by atoms with Gasteiger partial charge in [-0.2, -0.15) is 13.2 Å². The average molecular weight is 266 g/mol. The first kappa shape index (κ1) is 14.3. The molecule has 0 saturated carbocycles. The molecule has 0 fully saturated rings. The summed E-state index contributed by atoms with van der Waals surface area (Å²) in [5, 5.41) is -0.297. The number of halogens is 4. The summed E-state index contributed by atoms with van der Waals surface area (Å²) in [5.74, 6) is 0.197. The molecule has 0 aromatic heterocycles. The van der Waals surface area contributed by atoms with Crippen LogP contribution < -0.4 is 5.73 Å². The highest BCUT2D eigenvalue weighted by molar-refractivity contribution is 6.31. The topological polar surface area (TPSA) is 26.0 Å². The van der Waals surface area contributed by atoms with Crippen LogP contribution in [-0.4, -0.2) is 0 Å². The standard InChI is InChI=1S/C12H15ClF3N/c1-3-7(2)11(17)8-4-5-9(10(13)6-8)12(14,15)16/h4-7,11H,3,17H2,1-2H3/t7?,11-/m0/s1. The largest absolute Gasteiger partial charge is 0.417 e. The molecule has 2 N–H and O–H groups in total. The highest BCUT2D eigenvalue weighted by Gasteiger charge is 2.33. The fraction of sp³-hybridized carbons (Fsp3) is 0.500. The number of hydrogen-bond donors (Lipinski definition) is 1. The van der Waals surface area contributed by atoms with E-state index in [1.54, 1.807) is 0 Å². The molecule has 1 aromatic rings. The van der Waals surface area contributed by atoms with Crippen LogP contribution in [0, 0.1) is 5.92 Å². The molecule has 17 heavy (non-hydrogen) atoms. The third kappa shape index (κ3) is 3.36. The van der Waals surface area contributed by atoms with Crippen molar-refractivity contribution >= 4 is 11.6 Å². The molecule has 1 aromatic carbocycles. The Morgan fingerprint density at radius 1 is 1.35 bits per heavy atom. The summed E-state index contributed by atoms with van der Waals surface area (Å²) in [5.41, 5.74) is 5.75. The van der Waals surface area contributed by atoms with Crippen LogP contribution in [0.3, 0.4) is 0 Å². The van der Waals surface area contributed by atoms with Crippen LogP contribution >= 0.6 is 11.6 Å². The zero-order valence-electron chi connectivity index (χ0n) is 9.68. The van der Waals surface area contributed by atoms with Crippen molar-refractivity contribution < 1.29 is 13.2 Å². The van der Waals surface area contributed by atoms with Crippen LogP contribution in [0.25, 0.3) is 0 Å². The minimum absolute atomic E-state index is 0.197. The first-order chi connectivity index (χ1) is 7.77. The van der Waals surface area contributed by atoms with Crippen molar-refractivity contribution in [1.82, 2.24) is 0 Å². The molecule has 0 saturated heterocycles. The molecule has 2 atom stereocenters. The number of hydrogen-bond acceptors (Lipinski definition) is 1. The second-order valence-corrected chi connectivity index (χ2v) is 4.56. The summed E-state index contributed by atoms with van der Waals surface area (Å²) in [6, 6.07) is 3.40. The van der Waals surface area contributed by atoms with E-state index in [1.807, 2.05) is 13.8 Å². The quantitative estimate of drug-likeness (QED) is 0.861. The second kappa shape index (κ2) is 5.27. The van der Waals surface area contributed by atoms with Gasteiger partial charge in [0.15, 0.2) is 0 Å². The molecule has 0 amide bonds. The van der Waals surface area contributed by atoms with Crippen molar-refractivity contribution in [3.63, 3.8) is 0 Å². The van der Waals surface area contributed by atoms with Crippen molar-refractivity contribution in [2.24, 2.45) is 11.7 Å². The van der Waals surface area contributed by atoms with Gasteiger partial charge in [-0.05, 0) is 23.6 Å². The Kier molecular flexibility index (Phi) is 4.44. The Hall–Kier alpha value is -0.740. The van der Waals surface area contributed by atoms with Gasteiger partial charge < -0.3 is 5.73 Å². The Morgan fingerprint density at radius 2 is 1.94 bits per heavy atom. The van der Waals surface area contributed by atoms with Gasteiger partial charge in [-0.15, -0.1) is 0 Å². The number of rotatable bonds is 3. The zero-order chi connectivity index (χ0) is 13.2. The third-order valence-electron chi connectivity index (χ3n) is 2.94. The highest BCUT2D eigenvalue weighted by atomic mass is 35.5. The van der Waals surface area contributed by atoms with Crippen molar-refractivity contribution in [2.75, 3.05) is 0 Å². The van der Waals surface area contributed by atoms with Crippen LogP contribution in [0.5, 0.6) is 0 Å². The molecule has 0 aliphatic heterocycles. The van der Waals surface area contributed by atoms with E-state index in [-0.39, 0.29) is 17.0 Å². The summed E-state index contributed by atoms with van der Waals surface area (Å²) in [7, 11) is 0. The molecule has 5 heteroatoms. The van der Waals surface area contributed by atoms with Gasteiger partial charge in [-0.25, -0.2) is 0 Å². The fourth-order valence-corrected chi connectivity index (χ4v) is 1.85. The fourth-order valence-electron chi connectivity index (χ4n) is 1.55. The first-order valence-corrected chi connectivity index (χ1v) is 5.77. The Labute approximate surface area is 104 Å². The predicted octanol–water partition coefficient (Wildman–Crippen LogP) is 4.40. The van der Waals surface area contributed by atoms with Crippen LogP contribution in [0.1, 0.15) is 37.4 Å². The van der Waals surface area contributed by atoms with Gasteiger partial charge in [-0.1, -0.05) is 37.9 Å². The smallest absolute Gasteiger partial charge is 0.324 e. The predicted molar refractivity (Wildman–Crippen MR) is 62.8 cm³/mol. The highest BCUT2D eigenvalue weighted by Crippen LogP contribution is 2.36. The molecule has 0 heterocycles. The van der Waals surface area contributed by atoms with E-state index in [9.17, 15) is 13.2 Å². The van der Waals surface area contributed by atoms with Crippen LogP contribution in [0.15, 0.2) is 18.2 Å². The molecule has 0 bridgehead atoms. The lowest BCUT2D eigenvalue weighted by atomic mass is 9.93. The van der Waals surface area contributed by atoms with Crippen molar-refractivity contribution in [3.05, 3.63) is 34.3 Å². The van der Waals surface area contributed by atoms with E-state index >= 15 is 0 Å². The van der Waals surface area contributed by atoms with Gasteiger partial charge in [-0.3, -0.25) is 0 Å². The van der Waals surface area contributed by atoms with Crippen LogP contribution in [0.2, 0.25) is 5.02 Å². The Morgan fingerprint density at radius 3 is 2.35 bits per heavy atom. The second-order valence-electron chi connectivity index (χ2n) is 4.15. The average Bonchev–Trinajstić information content (AvgIpc) is 2.25. The van der Waals surface area contributed by atoms with E-state index in [4.69, 9.17) is 17.3 Å². The number of benzene rings is 1. The molecule has 0 aliphatic carbocycles. The summed E-state index contributed by atoms with van der Waals surface area (Å²) in [6.07, 6.45) is -3.56. The van der Waals surface area contributed by atoms with E-state index < -0.39 is 11.7 Å². The summed E-state index contributed by atoms with van der Waals surface area (Å²) in [6.45, 7) is 3.94. The summed E-state index contributed by atoms with van der Waals surface area (Å²) >= 11 is 5.63.